The van der Waals surface area contributed by atoms with E-state index in [4.69, 9.17) is 9.47 Å². The summed E-state index contributed by atoms with van der Waals surface area (Å²) in [6, 6.07) is 8.06. The Morgan fingerprint density at radius 2 is 2.03 bits per heavy atom. The molecule has 2 amide bonds. The number of carbonyl (C=O) groups excluding carboxylic acids is 3. The van der Waals surface area contributed by atoms with E-state index in [1.165, 1.54) is 4.90 Å². The van der Waals surface area contributed by atoms with E-state index in [1.54, 1.807) is 11.0 Å². The molecule has 0 saturated carbocycles. The number of rotatable bonds is 14. The number of ether oxygens (including phenoxy) is 2. The molecule has 7 atom stereocenters. The summed E-state index contributed by atoms with van der Waals surface area (Å²) in [6.45, 7) is 9.98. The Kier molecular flexibility index (Phi) is 9.67. The number of alkyl halides is 1. The molecule has 39 heavy (non-hydrogen) atoms. The van der Waals surface area contributed by atoms with Gasteiger partial charge in [0.05, 0.1) is 37.2 Å². The number of aliphatic hydroxyl groups excluding tert-OH is 1. The van der Waals surface area contributed by atoms with Crippen molar-refractivity contribution < 1.29 is 29.0 Å². The van der Waals surface area contributed by atoms with Gasteiger partial charge in [-0.2, -0.15) is 0 Å². The topological polar surface area (TPSA) is 96.4 Å². The van der Waals surface area contributed by atoms with Gasteiger partial charge < -0.3 is 24.4 Å². The number of aliphatic hydroxyl groups is 1. The summed E-state index contributed by atoms with van der Waals surface area (Å²) in [5.74, 6) is -2.76. The molecule has 1 aromatic carbocycles. The van der Waals surface area contributed by atoms with Gasteiger partial charge in [-0.15, -0.1) is 13.2 Å². The predicted octanol–water partition coefficient (Wildman–Crippen LogP) is 3.62. The lowest BCUT2D eigenvalue weighted by atomic mass is 9.70. The number of benzene rings is 1. The first-order chi connectivity index (χ1) is 18.8. The summed E-state index contributed by atoms with van der Waals surface area (Å²) < 4.78 is 12.2. The van der Waals surface area contributed by atoms with Gasteiger partial charge in [-0.1, -0.05) is 65.3 Å². The van der Waals surface area contributed by atoms with Crippen molar-refractivity contribution in [1.29, 1.82) is 0 Å². The number of fused-ring (bicyclic) bond motifs is 1. The highest BCUT2D eigenvalue weighted by Gasteiger charge is 2.77. The maximum absolute atomic E-state index is 14.4. The Morgan fingerprint density at radius 1 is 1.28 bits per heavy atom. The maximum atomic E-state index is 14.4. The Hall–Kier alpha value is -2.49. The van der Waals surface area contributed by atoms with Gasteiger partial charge in [-0.25, -0.2) is 0 Å². The van der Waals surface area contributed by atoms with Crippen molar-refractivity contribution >= 4 is 33.7 Å². The van der Waals surface area contributed by atoms with E-state index >= 15 is 0 Å². The molecule has 1 aromatic rings. The van der Waals surface area contributed by atoms with Gasteiger partial charge in [-0.05, 0) is 37.7 Å². The van der Waals surface area contributed by atoms with Crippen LogP contribution in [-0.2, 0) is 30.4 Å². The molecular weight excluding hydrogens is 564 g/mol. The number of hydrogen-bond donors (Lipinski definition) is 1. The number of allylic oxidation sites excluding steroid dienone is 1. The lowest BCUT2D eigenvalue weighted by molar-refractivity contribution is -0.156. The van der Waals surface area contributed by atoms with Crippen molar-refractivity contribution in [3.63, 3.8) is 0 Å². The Morgan fingerprint density at radius 3 is 2.67 bits per heavy atom. The smallest absolute Gasteiger partial charge is 0.312 e. The summed E-state index contributed by atoms with van der Waals surface area (Å²) in [5.41, 5.74) is -0.252. The second kappa shape index (κ2) is 12.8. The van der Waals surface area contributed by atoms with Crippen LogP contribution < -0.4 is 0 Å². The van der Waals surface area contributed by atoms with Crippen molar-refractivity contribution in [3.05, 3.63) is 61.2 Å². The Balaban J connectivity index is 1.68. The zero-order chi connectivity index (χ0) is 28.2. The van der Waals surface area contributed by atoms with Gasteiger partial charge in [0.15, 0.2) is 0 Å². The van der Waals surface area contributed by atoms with Crippen LogP contribution in [0.2, 0.25) is 0 Å². The monoisotopic (exact) mass is 602 g/mol. The third-order valence-corrected chi connectivity index (χ3v) is 9.08. The van der Waals surface area contributed by atoms with Crippen molar-refractivity contribution in [1.82, 2.24) is 9.80 Å². The van der Waals surface area contributed by atoms with Crippen LogP contribution in [0.25, 0.3) is 0 Å². The van der Waals surface area contributed by atoms with E-state index in [1.807, 2.05) is 43.3 Å². The summed E-state index contributed by atoms with van der Waals surface area (Å²) >= 11 is 3.68. The lowest BCUT2D eigenvalue weighted by Gasteiger charge is -2.39. The fraction of sp³-hybridized carbons (Fsp3) is 0.567. The predicted molar refractivity (Wildman–Crippen MR) is 151 cm³/mol. The number of amides is 2. The third kappa shape index (κ3) is 5.45. The molecule has 4 rings (SSSR count). The summed E-state index contributed by atoms with van der Waals surface area (Å²) in [6.07, 6.45) is 6.15. The molecule has 0 aromatic heterocycles. The number of esters is 1. The number of nitrogens with zero attached hydrogens (tertiary/aromatic N) is 2. The molecule has 1 spiro atoms. The second-order valence-corrected chi connectivity index (χ2v) is 11.8. The molecule has 9 heteroatoms. The minimum Gasteiger partial charge on any atom is -0.465 e. The zero-order valence-electron chi connectivity index (χ0n) is 22.5. The molecule has 3 saturated heterocycles. The van der Waals surface area contributed by atoms with Crippen LogP contribution >= 0.6 is 15.9 Å². The van der Waals surface area contributed by atoms with Crippen LogP contribution in [0.5, 0.6) is 0 Å². The van der Waals surface area contributed by atoms with Gasteiger partial charge in [-0.3, -0.25) is 14.4 Å². The minimum atomic E-state index is -1.20. The SMILES string of the molecule is C=CCCCCOC(=O)[C@H]1[C@@H]2OC3(CC2Br)C(C(=O)N(CC=C)Cc2ccccc2)N([C@@H](CC)CO)C(=O)[C@H]13. The number of likely N-dealkylation sites (tertiary alicyclic amines) is 1. The Bertz CT molecular complexity index is 1060. The molecular formula is C30H39BrN2O6. The molecule has 3 fully saturated rings. The molecule has 8 nitrogen and oxygen atoms in total. The highest BCUT2D eigenvalue weighted by atomic mass is 79.9. The largest absolute Gasteiger partial charge is 0.465 e. The highest BCUT2D eigenvalue weighted by molar-refractivity contribution is 9.09. The zero-order valence-corrected chi connectivity index (χ0v) is 24.1. The van der Waals surface area contributed by atoms with Gasteiger partial charge in [0.1, 0.15) is 11.6 Å². The van der Waals surface area contributed by atoms with Gasteiger partial charge in [0, 0.05) is 17.9 Å². The first-order valence-corrected chi connectivity index (χ1v) is 14.7. The number of halogens is 1. The minimum absolute atomic E-state index is 0.216. The normalized spacial score (nSPS) is 29.7. The van der Waals surface area contributed by atoms with E-state index in [0.29, 0.717) is 25.8 Å². The van der Waals surface area contributed by atoms with Gasteiger partial charge >= 0.3 is 5.97 Å². The van der Waals surface area contributed by atoms with Gasteiger partial charge in [0.2, 0.25) is 11.8 Å². The van der Waals surface area contributed by atoms with Crippen molar-refractivity contribution in [2.75, 3.05) is 19.8 Å². The first kappa shape index (κ1) is 29.5. The van der Waals surface area contributed by atoms with Gasteiger partial charge in [0.25, 0.3) is 0 Å². The van der Waals surface area contributed by atoms with Crippen molar-refractivity contribution in [3.8, 4) is 0 Å². The Labute approximate surface area is 239 Å². The highest BCUT2D eigenvalue weighted by Crippen LogP contribution is 2.60. The van der Waals surface area contributed by atoms with Crippen LogP contribution in [0.3, 0.4) is 0 Å². The van der Waals surface area contributed by atoms with E-state index < -0.39 is 41.6 Å². The average Bonchev–Trinajstić information content (AvgIpc) is 3.53. The molecule has 2 bridgehead atoms. The number of carbonyl (C=O) groups is 3. The number of unbranched alkanes of at least 4 members (excludes halogenated alkanes) is 2. The van der Waals surface area contributed by atoms with E-state index in [9.17, 15) is 19.5 Å². The van der Waals surface area contributed by atoms with Crippen LogP contribution in [0, 0.1) is 11.8 Å². The fourth-order valence-corrected chi connectivity index (χ4v) is 7.39. The van der Waals surface area contributed by atoms with E-state index in [2.05, 4.69) is 29.1 Å². The molecule has 3 aliphatic rings. The van der Waals surface area contributed by atoms with Crippen molar-refractivity contribution in [2.24, 2.45) is 11.8 Å². The van der Waals surface area contributed by atoms with Crippen molar-refractivity contribution in [2.45, 2.75) is 74.2 Å². The maximum Gasteiger partial charge on any atom is 0.312 e. The van der Waals surface area contributed by atoms with Crippen LogP contribution in [0.1, 0.15) is 44.6 Å². The second-order valence-electron chi connectivity index (χ2n) is 10.6. The molecule has 3 heterocycles. The molecule has 1 N–H and O–H groups in total. The molecule has 0 aliphatic carbocycles. The fourth-order valence-electron chi connectivity index (χ4n) is 6.45. The van der Waals surface area contributed by atoms with E-state index in [0.717, 1.165) is 18.4 Å². The summed E-state index contributed by atoms with van der Waals surface area (Å²) in [4.78, 5) is 44.9. The summed E-state index contributed by atoms with van der Waals surface area (Å²) in [5, 5.41) is 10.2. The standard InChI is InChI=1S/C30H39BrN2O6/c1-4-7-8-12-16-38-29(37)23-24-27(35)33(21(6-3)19-34)26(30(24)17-22(31)25(23)39-30)28(36)32(15-5-2)18-20-13-10-9-11-14-20/h4-5,9-11,13-14,21-26,34H,1-2,6-8,12,15-19H2,3H3/t21-,22?,23+,24-,25+,26?,30?/m0/s1. The molecule has 0 radical (unpaired) electrons. The molecule has 212 valence electrons. The molecule has 3 unspecified atom stereocenters. The quantitative estimate of drug-likeness (QED) is 0.151. The lowest BCUT2D eigenvalue weighted by Crippen LogP contribution is -2.58. The van der Waals surface area contributed by atoms with E-state index in [-0.39, 0.29) is 36.4 Å². The molecule has 3 aliphatic heterocycles. The third-order valence-electron chi connectivity index (χ3n) is 8.23. The van der Waals surface area contributed by atoms with Crippen LogP contribution in [0.15, 0.2) is 55.6 Å². The average molecular weight is 604 g/mol. The van der Waals surface area contributed by atoms with Crippen LogP contribution in [-0.4, -0.2) is 81.1 Å². The summed E-state index contributed by atoms with van der Waals surface area (Å²) in [7, 11) is 0. The first-order valence-electron chi connectivity index (χ1n) is 13.8. The van der Waals surface area contributed by atoms with Crippen LogP contribution in [0.4, 0.5) is 0 Å². The number of hydrogen-bond acceptors (Lipinski definition) is 6.